The van der Waals surface area contributed by atoms with Crippen LogP contribution in [0.25, 0.3) is 20.8 Å². The Morgan fingerprint density at radius 3 is 2.50 bits per heavy atom. The number of rotatable bonds is 1. The van der Waals surface area contributed by atoms with Gasteiger partial charge in [-0.15, -0.1) is 11.3 Å². The van der Waals surface area contributed by atoms with Gasteiger partial charge in [-0.1, -0.05) is 29.8 Å². The lowest BCUT2D eigenvalue weighted by atomic mass is 10.2. The number of fused-ring (bicyclic) bond motifs is 1. The van der Waals surface area contributed by atoms with E-state index >= 15 is 0 Å². The summed E-state index contributed by atoms with van der Waals surface area (Å²) in [6, 6.07) is 12.4. The molecule has 4 heteroatoms. The maximum atomic E-state index is 5.98. The summed E-state index contributed by atoms with van der Waals surface area (Å²) >= 11 is 4.03. The molecule has 90 valence electrons. The van der Waals surface area contributed by atoms with E-state index in [1.54, 1.807) is 11.3 Å². The van der Waals surface area contributed by atoms with E-state index in [1.807, 2.05) is 12.1 Å². The molecule has 0 saturated heterocycles. The van der Waals surface area contributed by atoms with Crippen molar-refractivity contribution in [1.29, 1.82) is 0 Å². The Morgan fingerprint density at radius 2 is 1.83 bits per heavy atom. The Bertz CT molecular complexity index is 677. The molecule has 0 aliphatic carbocycles. The second-order valence-electron chi connectivity index (χ2n) is 4.20. The summed E-state index contributed by atoms with van der Waals surface area (Å²) in [6.07, 6.45) is 0. The van der Waals surface area contributed by atoms with Crippen LogP contribution in [0.5, 0.6) is 0 Å². The Kier molecular flexibility index (Phi) is 2.99. The van der Waals surface area contributed by atoms with Crippen LogP contribution in [0.4, 0.5) is 5.69 Å². The van der Waals surface area contributed by atoms with Crippen molar-refractivity contribution in [3.63, 3.8) is 0 Å². The number of nitrogens with zero attached hydrogens (tertiary/aromatic N) is 1. The third-order valence-electron chi connectivity index (χ3n) is 2.83. The predicted molar refractivity (Wildman–Crippen MR) is 86.9 cm³/mol. The molecule has 2 nitrogen and oxygen atoms in total. The van der Waals surface area contributed by atoms with Gasteiger partial charge in [0.25, 0.3) is 0 Å². The first-order chi connectivity index (χ1) is 8.65. The van der Waals surface area contributed by atoms with Gasteiger partial charge < -0.3 is 5.73 Å². The fourth-order valence-electron chi connectivity index (χ4n) is 1.81. The van der Waals surface area contributed by atoms with Crippen LogP contribution in [0.15, 0.2) is 36.4 Å². The Balaban J connectivity index is 2.22. The van der Waals surface area contributed by atoms with Crippen LogP contribution in [0.1, 0.15) is 5.56 Å². The van der Waals surface area contributed by atoms with Crippen molar-refractivity contribution in [2.75, 3.05) is 5.73 Å². The van der Waals surface area contributed by atoms with Crippen LogP contribution in [0.2, 0.25) is 0 Å². The van der Waals surface area contributed by atoms with Crippen LogP contribution >= 0.6 is 33.9 Å². The first-order valence-corrected chi connectivity index (χ1v) is 7.46. The maximum absolute atomic E-state index is 5.98. The molecule has 0 saturated carbocycles. The first kappa shape index (κ1) is 11.9. The van der Waals surface area contributed by atoms with E-state index in [-0.39, 0.29) is 0 Å². The smallest absolute Gasteiger partial charge is 0.124 e. The SMILES string of the molecule is Cc1ccc(-c2nc3c(N)ccc(I)c3s2)cc1. The molecule has 3 rings (SSSR count). The van der Waals surface area contributed by atoms with E-state index in [0.29, 0.717) is 0 Å². The highest BCUT2D eigenvalue weighted by Crippen LogP contribution is 2.35. The van der Waals surface area contributed by atoms with Gasteiger partial charge >= 0.3 is 0 Å². The minimum Gasteiger partial charge on any atom is -0.397 e. The fourth-order valence-corrected chi connectivity index (χ4v) is 3.59. The normalized spacial score (nSPS) is 11.0. The fraction of sp³-hybridized carbons (Fsp3) is 0.0714. The van der Waals surface area contributed by atoms with E-state index < -0.39 is 0 Å². The van der Waals surface area contributed by atoms with Crippen molar-refractivity contribution >= 4 is 49.8 Å². The lowest BCUT2D eigenvalue weighted by Crippen LogP contribution is -1.87. The molecule has 0 spiro atoms. The van der Waals surface area contributed by atoms with Crippen molar-refractivity contribution in [1.82, 2.24) is 4.98 Å². The number of halogens is 1. The van der Waals surface area contributed by atoms with Gasteiger partial charge in [0.2, 0.25) is 0 Å². The summed E-state index contributed by atoms with van der Waals surface area (Å²) in [4.78, 5) is 4.66. The molecule has 0 aliphatic rings. The minimum atomic E-state index is 0.750. The molecule has 0 fully saturated rings. The topological polar surface area (TPSA) is 38.9 Å². The van der Waals surface area contributed by atoms with Gasteiger partial charge in [0.1, 0.15) is 10.5 Å². The molecule has 0 radical (unpaired) electrons. The minimum absolute atomic E-state index is 0.750. The number of nitrogen functional groups attached to an aromatic ring is 1. The zero-order chi connectivity index (χ0) is 12.7. The van der Waals surface area contributed by atoms with Gasteiger partial charge in [0.05, 0.1) is 10.4 Å². The van der Waals surface area contributed by atoms with Crippen LogP contribution in [-0.2, 0) is 0 Å². The molecule has 2 aromatic carbocycles. The summed E-state index contributed by atoms with van der Waals surface area (Å²) in [6.45, 7) is 2.09. The number of hydrogen-bond acceptors (Lipinski definition) is 3. The summed E-state index contributed by atoms with van der Waals surface area (Å²) in [5.74, 6) is 0. The predicted octanol–water partition coefficient (Wildman–Crippen LogP) is 4.46. The average molecular weight is 366 g/mol. The zero-order valence-electron chi connectivity index (χ0n) is 9.77. The van der Waals surface area contributed by atoms with Gasteiger partial charge in [-0.25, -0.2) is 4.98 Å². The first-order valence-electron chi connectivity index (χ1n) is 5.57. The molecule has 3 aromatic rings. The highest BCUT2D eigenvalue weighted by atomic mass is 127. The molecule has 2 N–H and O–H groups in total. The van der Waals surface area contributed by atoms with E-state index in [4.69, 9.17) is 5.73 Å². The highest BCUT2D eigenvalue weighted by Gasteiger charge is 2.10. The molecule has 0 atom stereocenters. The Hall–Kier alpha value is -1.14. The maximum Gasteiger partial charge on any atom is 0.124 e. The lowest BCUT2D eigenvalue weighted by Gasteiger charge is -1.96. The summed E-state index contributed by atoms with van der Waals surface area (Å²) in [7, 11) is 0. The Labute approximate surface area is 123 Å². The second-order valence-corrected chi connectivity index (χ2v) is 6.36. The zero-order valence-corrected chi connectivity index (χ0v) is 12.7. The Morgan fingerprint density at radius 1 is 1.11 bits per heavy atom. The van der Waals surface area contributed by atoms with E-state index in [2.05, 4.69) is 58.8 Å². The monoisotopic (exact) mass is 366 g/mol. The van der Waals surface area contributed by atoms with Crippen molar-refractivity contribution in [2.45, 2.75) is 6.92 Å². The number of aromatic nitrogens is 1. The number of aryl methyl sites for hydroxylation is 1. The third-order valence-corrected chi connectivity index (χ3v) is 5.23. The number of hydrogen-bond donors (Lipinski definition) is 1. The van der Waals surface area contributed by atoms with E-state index in [9.17, 15) is 0 Å². The molecule has 1 heterocycles. The van der Waals surface area contributed by atoms with Crippen molar-refractivity contribution in [2.24, 2.45) is 0 Å². The summed E-state index contributed by atoms with van der Waals surface area (Å²) in [5.41, 5.74) is 10.1. The molecular weight excluding hydrogens is 355 g/mol. The molecule has 0 aliphatic heterocycles. The highest BCUT2D eigenvalue weighted by molar-refractivity contribution is 14.1. The summed E-state index contributed by atoms with van der Waals surface area (Å²) < 4.78 is 2.37. The summed E-state index contributed by atoms with van der Waals surface area (Å²) in [5, 5.41) is 1.03. The number of benzene rings is 2. The van der Waals surface area contributed by atoms with Gasteiger partial charge in [0.15, 0.2) is 0 Å². The number of nitrogens with two attached hydrogens (primary N) is 1. The van der Waals surface area contributed by atoms with Crippen LogP contribution in [0, 0.1) is 10.5 Å². The van der Waals surface area contributed by atoms with Crippen molar-refractivity contribution in [3.05, 3.63) is 45.5 Å². The molecular formula is C14H11IN2S. The average Bonchev–Trinajstić information content (AvgIpc) is 2.81. The standard InChI is InChI=1S/C14H11IN2S/c1-8-2-4-9(5-3-8)14-17-12-11(16)7-6-10(15)13(12)18-14/h2-7H,16H2,1H3. The van der Waals surface area contributed by atoms with Gasteiger partial charge in [0, 0.05) is 9.13 Å². The van der Waals surface area contributed by atoms with Gasteiger partial charge in [-0.3, -0.25) is 0 Å². The molecule has 1 aromatic heterocycles. The van der Waals surface area contributed by atoms with Gasteiger partial charge in [-0.05, 0) is 41.6 Å². The van der Waals surface area contributed by atoms with Crippen molar-refractivity contribution < 1.29 is 0 Å². The van der Waals surface area contributed by atoms with Crippen LogP contribution < -0.4 is 5.73 Å². The van der Waals surface area contributed by atoms with Gasteiger partial charge in [-0.2, -0.15) is 0 Å². The molecule has 0 unspecified atom stereocenters. The van der Waals surface area contributed by atoms with Crippen molar-refractivity contribution in [3.8, 4) is 10.6 Å². The lowest BCUT2D eigenvalue weighted by molar-refractivity contribution is 1.44. The molecule has 18 heavy (non-hydrogen) atoms. The largest absolute Gasteiger partial charge is 0.397 e. The third kappa shape index (κ3) is 1.99. The van der Waals surface area contributed by atoms with E-state index in [0.717, 1.165) is 21.8 Å². The quantitative estimate of drug-likeness (QED) is 0.510. The number of anilines is 1. The van der Waals surface area contributed by atoms with E-state index in [1.165, 1.54) is 13.8 Å². The second kappa shape index (κ2) is 4.51. The van der Waals surface area contributed by atoms with Crippen LogP contribution in [0.3, 0.4) is 0 Å². The van der Waals surface area contributed by atoms with Crippen LogP contribution in [-0.4, -0.2) is 4.98 Å². The number of thiazole rings is 1. The molecule has 0 amide bonds. The molecule has 0 bridgehead atoms.